The van der Waals surface area contributed by atoms with Gasteiger partial charge in [0, 0.05) is 6.20 Å². The van der Waals surface area contributed by atoms with Crippen molar-refractivity contribution >= 4 is 11.7 Å². The average Bonchev–Trinajstić information content (AvgIpc) is 2.82. The first-order valence-corrected chi connectivity index (χ1v) is 6.47. The quantitative estimate of drug-likeness (QED) is 0.811. The molecule has 2 aromatic heterocycles. The lowest BCUT2D eigenvalue weighted by Crippen LogP contribution is -2.21. The molecule has 7 nitrogen and oxygen atoms in total. The van der Waals surface area contributed by atoms with E-state index in [1.165, 1.54) is 4.68 Å². The summed E-state index contributed by atoms with van der Waals surface area (Å²) >= 11 is 0. The summed E-state index contributed by atoms with van der Waals surface area (Å²) in [5, 5.41) is 19.7. The van der Waals surface area contributed by atoms with Gasteiger partial charge < -0.3 is 10.4 Å². The lowest BCUT2D eigenvalue weighted by Gasteiger charge is -2.07. The maximum Gasteiger partial charge on any atom is 0.247 e. The molecule has 0 fully saturated rings. The Morgan fingerprint density at radius 2 is 2.30 bits per heavy atom. The van der Waals surface area contributed by atoms with Crippen LogP contribution in [0.3, 0.4) is 0 Å². The van der Waals surface area contributed by atoms with Crippen LogP contribution < -0.4 is 5.32 Å². The molecule has 0 saturated heterocycles. The summed E-state index contributed by atoms with van der Waals surface area (Å²) in [6, 6.07) is 5.29. The number of rotatable bonds is 6. The van der Waals surface area contributed by atoms with Gasteiger partial charge >= 0.3 is 0 Å². The van der Waals surface area contributed by atoms with E-state index in [1.54, 1.807) is 24.4 Å². The largest absolute Gasteiger partial charge is 0.390 e. The molecule has 2 N–H and O–H groups in total. The van der Waals surface area contributed by atoms with Crippen LogP contribution in [-0.4, -0.2) is 31.0 Å². The molecular weight excluding hydrogens is 258 g/mol. The van der Waals surface area contributed by atoms with Gasteiger partial charge in [-0.1, -0.05) is 24.6 Å². The van der Waals surface area contributed by atoms with Gasteiger partial charge in [0.2, 0.25) is 5.91 Å². The maximum atomic E-state index is 11.9. The van der Waals surface area contributed by atoms with Gasteiger partial charge in [0.15, 0.2) is 0 Å². The van der Waals surface area contributed by atoms with E-state index in [0.717, 1.165) is 18.5 Å². The molecule has 7 heteroatoms. The number of pyridine rings is 1. The van der Waals surface area contributed by atoms with Crippen molar-refractivity contribution in [3.8, 4) is 0 Å². The number of carbonyl (C=O) groups is 1. The van der Waals surface area contributed by atoms with E-state index in [9.17, 15) is 9.90 Å². The van der Waals surface area contributed by atoms with E-state index in [2.05, 4.69) is 20.6 Å². The van der Waals surface area contributed by atoms with Gasteiger partial charge in [0.25, 0.3) is 0 Å². The first-order valence-electron chi connectivity index (χ1n) is 6.47. The van der Waals surface area contributed by atoms with E-state index in [1.807, 2.05) is 6.92 Å². The Hall–Kier alpha value is -2.28. The second kappa shape index (κ2) is 6.76. The molecule has 0 atom stereocenters. The van der Waals surface area contributed by atoms with Crippen molar-refractivity contribution in [2.24, 2.45) is 0 Å². The molecule has 0 bridgehead atoms. The summed E-state index contributed by atoms with van der Waals surface area (Å²) in [4.78, 5) is 16.0. The lowest BCUT2D eigenvalue weighted by molar-refractivity contribution is -0.117. The third kappa shape index (κ3) is 3.39. The van der Waals surface area contributed by atoms with Crippen molar-refractivity contribution in [2.75, 3.05) is 5.32 Å². The van der Waals surface area contributed by atoms with Gasteiger partial charge in [-0.2, -0.15) is 0 Å². The second-order valence-electron chi connectivity index (χ2n) is 4.31. The SMILES string of the molecule is CCCc1c(CO)nnn1CC(=O)Nc1ccccn1. The monoisotopic (exact) mass is 275 g/mol. The molecule has 2 rings (SSSR count). The molecule has 0 aromatic carbocycles. The highest BCUT2D eigenvalue weighted by Crippen LogP contribution is 2.09. The van der Waals surface area contributed by atoms with Crippen LogP contribution in [0, 0.1) is 0 Å². The van der Waals surface area contributed by atoms with Crippen molar-refractivity contribution in [3.63, 3.8) is 0 Å². The Labute approximate surface area is 116 Å². The standard InChI is InChI=1S/C13H17N5O2/c1-2-5-11-10(9-19)16-17-18(11)8-13(20)15-12-6-3-4-7-14-12/h3-4,6-7,19H,2,5,8-9H2,1H3,(H,14,15,20). The van der Waals surface area contributed by atoms with Gasteiger partial charge in [-0.25, -0.2) is 9.67 Å². The van der Waals surface area contributed by atoms with Crippen LogP contribution in [0.25, 0.3) is 0 Å². The number of hydrogen-bond donors (Lipinski definition) is 2. The van der Waals surface area contributed by atoms with Crippen molar-refractivity contribution in [1.82, 2.24) is 20.0 Å². The fourth-order valence-electron chi connectivity index (χ4n) is 1.88. The van der Waals surface area contributed by atoms with Gasteiger partial charge in [-0.3, -0.25) is 4.79 Å². The Morgan fingerprint density at radius 3 is 2.95 bits per heavy atom. The molecule has 2 heterocycles. The van der Waals surface area contributed by atoms with Crippen molar-refractivity contribution in [1.29, 1.82) is 0 Å². The maximum absolute atomic E-state index is 11.9. The zero-order valence-corrected chi connectivity index (χ0v) is 11.3. The number of nitrogens with zero attached hydrogens (tertiary/aromatic N) is 4. The molecule has 1 amide bonds. The Kier molecular flexibility index (Phi) is 4.78. The summed E-state index contributed by atoms with van der Waals surface area (Å²) in [7, 11) is 0. The Balaban J connectivity index is 2.06. The number of amides is 1. The molecular formula is C13H17N5O2. The van der Waals surface area contributed by atoms with E-state index in [0.29, 0.717) is 11.5 Å². The molecule has 0 aliphatic heterocycles. The summed E-state index contributed by atoms with van der Waals surface area (Å²) < 4.78 is 1.52. The number of hydrogen-bond acceptors (Lipinski definition) is 5. The zero-order chi connectivity index (χ0) is 14.4. The van der Waals surface area contributed by atoms with E-state index < -0.39 is 0 Å². The molecule has 0 aliphatic carbocycles. The lowest BCUT2D eigenvalue weighted by atomic mass is 10.2. The Morgan fingerprint density at radius 1 is 1.45 bits per heavy atom. The molecule has 0 radical (unpaired) electrons. The van der Waals surface area contributed by atoms with Gasteiger partial charge in [-0.05, 0) is 18.6 Å². The fraction of sp³-hybridized carbons (Fsp3) is 0.385. The third-order valence-electron chi connectivity index (χ3n) is 2.78. The highest BCUT2D eigenvalue weighted by Gasteiger charge is 2.14. The predicted molar refractivity (Wildman–Crippen MR) is 72.8 cm³/mol. The minimum Gasteiger partial charge on any atom is -0.390 e. The first kappa shape index (κ1) is 14.1. The first-order chi connectivity index (χ1) is 9.74. The molecule has 2 aromatic rings. The van der Waals surface area contributed by atoms with Gasteiger partial charge in [0.05, 0.1) is 12.3 Å². The minimum absolute atomic E-state index is 0.0545. The van der Waals surface area contributed by atoms with E-state index >= 15 is 0 Å². The average molecular weight is 275 g/mol. The second-order valence-corrected chi connectivity index (χ2v) is 4.31. The van der Waals surface area contributed by atoms with E-state index in [4.69, 9.17) is 0 Å². The molecule has 20 heavy (non-hydrogen) atoms. The minimum atomic E-state index is -0.226. The normalized spacial score (nSPS) is 10.5. The van der Waals surface area contributed by atoms with E-state index in [-0.39, 0.29) is 19.1 Å². The van der Waals surface area contributed by atoms with Crippen LogP contribution in [0.1, 0.15) is 24.7 Å². The Bertz CT molecular complexity index is 567. The summed E-state index contributed by atoms with van der Waals surface area (Å²) in [6.45, 7) is 1.91. The van der Waals surface area contributed by atoms with Crippen LogP contribution in [0.4, 0.5) is 5.82 Å². The number of nitrogens with one attached hydrogen (secondary N) is 1. The molecule has 0 spiro atoms. The molecule has 0 saturated carbocycles. The van der Waals surface area contributed by atoms with Crippen LogP contribution in [0.15, 0.2) is 24.4 Å². The van der Waals surface area contributed by atoms with Crippen LogP contribution in [0.2, 0.25) is 0 Å². The van der Waals surface area contributed by atoms with Crippen molar-refractivity contribution < 1.29 is 9.90 Å². The molecule has 106 valence electrons. The molecule has 0 aliphatic rings. The highest BCUT2D eigenvalue weighted by atomic mass is 16.3. The third-order valence-corrected chi connectivity index (χ3v) is 2.78. The van der Waals surface area contributed by atoms with Gasteiger partial charge in [-0.15, -0.1) is 5.10 Å². The molecule has 0 unspecified atom stereocenters. The van der Waals surface area contributed by atoms with Crippen LogP contribution in [-0.2, 0) is 24.4 Å². The van der Waals surface area contributed by atoms with Crippen molar-refractivity contribution in [3.05, 3.63) is 35.8 Å². The van der Waals surface area contributed by atoms with Crippen molar-refractivity contribution in [2.45, 2.75) is 32.9 Å². The predicted octanol–water partition coefficient (Wildman–Crippen LogP) is 0.757. The number of aliphatic hydroxyl groups is 1. The summed E-state index contributed by atoms with van der Waals surface area (Å²) in [5.41, 5.74) is 1.32. The van der Waals surface area contributed by atoms with Crippen LogP contribution >= 0.6 is 0 Å². The smallest absolute Gasteiger partial charge is 0.247 e. The summed E-state index contributed by atoms with van der Waals surface area (Å²) in [6.07, 6.45) is 3.22. The zero-order valence-electron chi connectivity index (χ0n) is 11.3. The number of carbonyl (C=O) groups excluding carboxylic acids is 1. The topological polar surface area (TPSA) is 92.9 Å². The highest BCUT2D eigenvalue weighted by molar-refractivity contribution is 5.89. The summed E-state index contributed by atoms with van der Waals surface area (Å²) in [5.74, 6) is 0.271. The van der Waals surface area contributed by atoms with Crippen LogP contribution in [0.5, 0.6) is 0 Å². The number of aromatic nitrogens is 4. The fourth-order valence-corrected chi connectivity index (χ4v) is 1.88. The number of anilines is 1. The van der Waals surface area contributed by atoms with Gasteiger partial charge in [0.1, 0.15) is 18.1 Å². The number of aliphatic hydroxyl groups excluding tert-OH is 1.